The third-order valence-electron chi connectivity index (χ3n) is 6.55. The number of benzene rings is 2. The Hall–Kier alpha value is -2.69. The van der Waals surface area contributed by atoms with Crippen molar-refractivity contribution in [1.29, 1.82) is 0 Å². The number of hydrogen-bond donors (Lipinski definition) is 0. The van der Waals surface area contributed by atoms with Crippen LogP contribution in [-0.4, -0.2) is 34.2 Å². The first kappa shape index (κ1) is 20.6. The molecule has 1 saturated heterocycles. The Bertz CT molecular complexity index is 893. The van der Waals surface area contributed by atoms with Crippen molar-refractivity contribution in [1.82, 2.24) is 9.80 Å². The Morgan fingerprint density at radius 2 is 1.53 bits per heavy atom. The number of hydrogen-bond acceptors (Lipinski definition) is 2. The van der Waals surface area contributed by atoms with E-state index in [2.05, 4.69) is 0 Å². The van der Waals surface area contributed by atoms with E-state index in [9.17, 15) is 14.0 Å². The van der Waals surface area contributed by atoms with E-state index in [0.717, 1.165) is 31.2 Å². The van der Waals surface area contributed by atoms with Crippen molar-refractivity contribution in [2.45, 2.75) is 63.6 Å². The van der Waals surface area contributed by atoms with Gasteiger partial charge >= 0.3 is 0 Å². The van der Waals surface area contributed by atoms with E-state index < -0.39 is 11.9 Å². The molecule has 2 aromatic carbocycles. The van der Waals surface area contributed by atoms with Crippen LogP contribution in [0.5, 0.6) is 0 Å². The Morgan fingerprint density at radius 3 is 2.20 bits per heavy atom. The van der Waals surface area contributed by atoms with E-state index in [1.54, 1.807) is 28.0 Å². The van der Waals surface area contributed by atoms with Crippen molar-refractivity contribution in [3.63, 3.8) is 0 Å². The fraction of sp³-hybridized carbons (Fsp3) is 0.440. The molecule has 4 rings (SSSR count). The van der Waals surface area contributed by atoms with E-state index in [4.69, 9.17) is 0 Å². The highest BCUT2D eigenvalue weighted by molar-refractivity contribution is 5.96. The summed E-state index contributed by atoms with van der Waals surface area (Å²) in [5.41, 5.74) is 1.21. The molecule has 0 bridgehead atoms. The topological polar surface area (TPSA) is 40.6 Å². The number of carbonyl (C=O) groups is 2. The first-order chi connectivity index (χ1) is 14.6. The molecule has 0 N–H and O–H groups in total. The molecule has 2 unspecified atom stereocenters. The van der Waals surface area contributed by atoms with Crippen molar-refractivity contribution in [2.24, 2.45) is 0 Å². The summed E-state index contributed by atoms with van der Waals surface area (Å²) in [5.74, 6) is -0.727. The Balaban J connectivity index is 1.73. The van der Waals surface area contributed by atoms with Crippen LogP contribution in [-0.2, 0) is 9.59 Å². The summed E-state index contributed by atoms with van der Waals surface area (Å²) >= 11 is 0. The molecular weight excluding hydrogens is 379 g/mol. The first-order valence-electron chi connectivity index (χ1n) is 11.0. The SMILES string of the molecule is CC(c1ccccc1)N1C(=O)CN(C2CCCCCC2)C(=O)C1c1ccccc1F. The van der Waals surface area contributed by atoms with Crippen molar-refractivity contribution in [3.05, 3.63) is 71.5 Å². The molecule has 0 radical (unpaired) electrons. The van der Waals surface area contributed by atoms with Gasteiger partial charge in [0, 0.05) is 11.6 Å². The van der Waals surface area contributed by atoms with Gasteiger partial charge in [-0.3, -0.25) is 9.59 Å². The van der Waals surface area contributed by atoms with Crippen LogP contribution in [0.4, 0.5) is 4.39 Å². The maximum Gasteiger partial charge on any atom is 0.250 e. The average Bonchev–Trinajstić information content (AvgIpc) is 3.05. The van der Waals surface area contributed by atoms with Crippen molar-refractivity contribution in [2.75, 3.05) is 6.54 Å². The van der Waals surface area contributed by atoms with Gasteiger partial charge in [0.15, 0.2) is 0 Å². The quantitative estimate of drug-likeness (QED) is 0.667. The monoisotopic (exact) mass is 408 g/mol. The minimum absolute atomic E-state index is 0.0624. The summed E-state index contributed by atoms with van der Waals surface area (Å²) in [6.07, 6.45) is 6.30. The lowest BCUT2D eigenvalue weighted by Gasteiger charge is -2.46. The average molecular weight is 409 g/mol. The van der Waals surface area contributed by atoms with Crippen LogP contribution in [0.3, 0.4) is 0 Å². The Kier molecular flexibility index (Phi) is 6.16. The fourth-order valence-electron chi connectivity index (χ4n) is 4.92. The van der Waals surface area contributed by atoms with Gasteiger partial charge in [0.2, 0.25) is 5.91 Å². The van der Waals surface area contributed by atoms with Crippen molar-refractivity contribution < 1.29 is 14.0 Å². The number of nitrogens with zero attached hydrogens (tertiary/aromatic N) is 2. The zero-order valence-corrected chi connectivity index (χ0v) is 17.5. The maximum absolute atomic E-state index is 14.8. The van der Waals surface area contributed by atoms with E-state index in [-0.39, 0.29) is 36.0 Å². The lowest BCUT2D eigenvalue weighted by atomic mass is 9.94. The van der Waals surface area contributed by atoms with Crippen LogP contribution in [0.15, 0.2) is 54.6 Å². The largest absolute Gasteiger partial charge is 0.328 e. The first-order valence-corrected chi connectivity index (χ1v) is 11.0. The molecule has 2 aromatic rings. The van der Waals surface area contributed by atoms with Gasteiger partial charge in [0.05, 0.1) is 6.04 Å². The fourth-order valence-corrected chi connectivity index (χ4v) is 4.92. The summed E-state index contributed by atoms with van der Waals surface area (Å²) in [7, 11) is 0. The van der Waals surface area contributed by atoms with Gasteiger partial charge in [-0.1, -0.05) is 74.2 Å². The number of amides is 2. The summed E-state index contributed by atoms with van der Waals surface area (Å²) in [5, 5.41) is 0. The second-order valence-electron chi connectivity index (χ2n) is 8.42. The summed E-state index contributed by atoms with van der Waals surface area (Å²) in [6.45, 7) is 1.99. The third-order valence-corrected chi connectivity index (χ3v) is 6.55. The molecule has 2 aliphatic rings. The van der Waals surface area contributed by atoms with Gasteiger partial charge in [-0.05, 0) is 31.4 Å². The smallest absolute Gasteiger partial charge is 0.250 e. The van der Waals surface area contributed by atoms with Crippen LogP contribution < -0.4 is 0 Å². The number of halogens is 1. The number of piperazine rings is 1. The van der Waals surface area contributed by atoms with Crippen LogP contribution in [0.25, 0.3) is 0 Å². The zero-order valence-electron chi connectivity index (χ0n) is 17.5. The molecule has 1 saturated carbocycles. The van der Waals surface area contributed by atoms with E-state index in [1.807, 2.05) is 37.3 Å². The van der Waals surface area contributed by atoms with E-state index in [0.29, 0.717) is 0 Å². The molecule has 30 heavy (non-hydrogen) atoms. The molecule has 0 aromatic heterocycles. The highest BCUT2D eigenvalue weighted by atomic mass is 19.1. The Morgan fingerprint density at radius 1 is 0.900 bits per heavy atom. The predicted octanol–water partition coefficient (Wildman–Crippen LogP) is 5.02. The zero-order chi connectivity index (χ0) is 21.1. The van der Waals surface area contributed by atoms with E-state index in [1.165, 1.54) is 18.9 Å². The number of rotatable bonds is 4. The predicted molar refractivity (Wildman–Crippen MR) is 114 cm³/mol. The van der Waals surface area contributed by atoms with Gasteiger partial charge in [0.25, 0.3) is 5.91 Å². The second-order valence-corrected chi connectivity index (χ2v) is 8.42. The van der Waals surface area contributed by atoms with Gasteiger partial charge in [0.1, 0.15) is 18.4 Å². The minimum atomic E-state index is -0.939. The molecule has 1 aliphatic heterocycles. The molecule has 4 nitrogen and oxygen atoms in total. The molecule has 2 atom stereocenters. The molecule has 158 valence electrons. The minimum Gasteiger partial charge on any atom is -0.328 e. The van der Waals surface area contributed by atoms with Gasteiger partial charge < -0.3 is 9.80 Å². The van der Waals surface area contributed by atoms with Gasteiger partial charge in [-0.2, -0.15) is 0 Å². The highest BCUT2D eigenvalue weighted by Gasteiger charge is 2.45. The van der Waals surface area contributed by atoms with Crippen LogP contribution in [0, 0.1) is 5.82 Å². The van der Waals surface area contributed by atoms with Gasteiger partial charge in [-0.15, -0.1) is 0 Å². The number of carbonyl (C=O) groups excluding carboxylic acids is 2. The molecule has 2 fully saturated rings. The summed E-state index contributed by atoms with van der Waals surface area (Å²) < 4.78 is 14.8. The molecule has 2 amide bonds. The third kappa shape index (κ3) is 3.98. The molecule has 0 spiro atoms. The summed E-state index contributed by atoms with van der Waals surface area (Å²) in [6, 6.07) is 14.8. The highest BCUT2D eigenvalue weighted by Crippen LogP contribution is 2.38. The second kappa shape index (κ2) is 8.99. The standard InChI is InChI=1S/C25H29FN2O2/c1-18(19-11-5-4-6-12-19)28-23(29)17-27(20-13-7-2-3-8-14-20)25(30)24(28)21-15-9-10-16-22(21)26/h4-6,9-12,15-16,18,20,24H,2-3,7-8,13-14,17H2,1H3. The Labute approximate surface area is 177 Å². The van der Waals surface area contributed by atoms with Crippen LogP contribution in [0.2, 0.25) is 0 Å². The lowest BCUT2D eigenvalue weighted by Crippen LogP contribution is -2.58. The molecule has 1 heterocycles. The lowest BCUT2D eigenvalue weighted by molar-refractivity contribution is -0.161. The van der Waals surface area contributed by atoms with Crippen LogP contribution >= 0.6 is 0 Å². The normalized spacial score (nSPS) is 22.1. The summed E-state index contributed by atoms with van der Waals surface area (Å²) in [4.78, 5) is 30.5. The molecule has 5 heteroatoms. The van der Waals surface area contributed by atoms with Gasteiger partial charge in [-0.25, -0.2) is 4.39 Å². The van der Waals surface area contributed by atoms with Crippen molar-refractivity contribution >= 4 is 11.8 Å². The van der Waals surface area contributed by atoms with Crippen LogP contribution in [0.1, 0.15) is 68.7 Å². The molecular formula is C25H29FN2O2. The maximum atomic E-state index is 14.8. The van der Waals surface area contributed by atoms with Crippen molar-refractivity contribution in [3.8, 4) is 0 Å². The molecule has 1 aliphatic carbocycles. The van der Waals surface area contributed by atoms with E-state index >= 15 is 0 Å².